The minimum absolute atomic E-state index is 0.0380. The van der Waals surface area contributed by atoms with Gasteiger partial charge in [-0.15, -0.1) is 0 Å². The monoisotopic (exact) mass is 333 g/mol. The van der Waals surface area contributed by atoms with E-state index in [9.17, 15) is 9.59 Å². The zero-order chi connectivity index (χ0) is 17.2. The van der Waals surface area contributed by atoms with Gasteiger partial charge in [0.05, 0.1) is 6.04 Å². The summed E-state index contributed by atoms with van der Waals surface area (Å²) in [4.78, 5) is 24.4. The first-order valence-electron chi connectivity index (χ1n) is 8.71. The third-order valence-electron chi connectivity index (χ3n) is 3.97. The lowest BCUT2D eigenvalue weighted by Gasteiger charge is -2.22. The normalized spacial score (nSPS) is 17.3. The van der Waals surface area contributed by atoms with Crippen LogP contribution in [0, 0.1) is 0 Å². The van der Waals surface area contributed by atoms with Crippen LogP contribution in [0.15, 0.2) is 24.3 Å². The fraction of sp³-hybridized carbons (Fsp3) is 0.556. The second-order valence-electron chi connectivity index (χ2n) is 5.88. The molecule has 0 bridgehead atoms. The molecule has 2 amide bonds. The fourth-order valence-electron chi connectivity index (χ4n) is 2.67. The molecule has 24 heavy (non-hydrogen) atoms. The summed E-state index contributed by atoms with van der Waals surface area (Å²) in [5.41, 5.74) is 1.19. The molecule has 1 aliphatic heterocycles. The SMILES string of the molecule is CCOCCCNC(=O)c1cccc(NC(=O)C2CCCCN2)c1. The maximum atomic E-state index is 12.2. The fourth-order valence-corrected chi connectivity index (χ4v) is 2.67. The van der Waals surface area contributed by atoms with Crippen LogP contribution >= 0.6 is 0 Å². The third-order valence-corrected chi connectivity index (χ3v) is 3.97. The molecular formula is C18H27N3O3. The molecule has 0 aromatic heterocycles. The Morgan fingerprint density at radius 1 is 1.33 bits per heavy atom. The maximum Gasteiger partial charge on any atom is 0.251 e. The summed E-state index contributed by atoms with van der Waals surface area (Å²) in [6, 6.07) is 6.88. The van der Waals surface area contributed by atoms with Crippen molar-refractivity contribution in [2.24, 2.45) is 0 Å². The number of carbonyl (C=O) groups excluding carboxylic acids is 2. The van der Waals surface area contributed by atoms with Crippen molar-refractivity contribution in [1.29, 1.82) is 0 Å². The molecule has 0 saturated carbocycles. The Labute approximate surface area is 143 Å². The van der Waals surface area contributed by atoms with Crippen LogP contribution in [-0.4, -0.2) is 44.2 Å². The topological polar surface area (TPSA) is 79.5 Å². The van der Waals surface area contributed by atoms with Crippen LogP contribution in [0.3, 0.4) is 0 Å². The van der Waals surface area contributed by atoms with Gasteiger partial charge in [0, 0.05) is 31.0 Å². The Kier molecular flexibility index (Phi) is 7.71. The number of anilines is 1. The number of benzene rings is 1. The molecule has 6 nitrogen and oxygen atoms in total. The highest BCUT2D eigenvalue weighted by atomic mass is 16.5. The lowest BCUT2D eigenvalue weighted by molar-refractivity contribution is -0.118. The van der Waals surface area contributed by atoms with E-state index in [4.69, 9.17) is 4.74 Å². The summed E-state index contributed by atoms with van der Waals surface area (Å²) < 4.78 is 5.24. The van der Waals surface area contributed by atoms with E-state index >= 15 is 0 Å². The van der Waals surface area contributed by atoms with E-state index < -0.39 is 0 Å². The first kappa shape index (κ1) is 18.4. The van der Waals surface area contributed by atoms with Gasteiger partial charge < -0.3 is 20.7 Å². The summed E-state index contributed by atoms with van der Waals surface area (Å²) in [7, 11) is 0. The number of ether oxygens (including phenoxy) is 1. The van der Waals surface area contributed by atoms with Crippen LogP contribution in [0.1, 0.15) is 43.0 Å². The van der Waals surface area contributed by atoms with Crippen LogP contribution in [0.4, 0.5) is 5.69 Å². The highest BCUT2D eigenvalue weighted by Crippen LogP contribution is 2.13. The maximum absolute atomic E-state index is 12.2. The average molecular weight is 333 g/mol. The van der Waals surface area contributed by atoms with E-state index in [1.807, 2.05) is 6.92 Å². The zero-order valence-corrected chi connectivity index (χ0v) is 14.3. The molecule has 1 fully saturated rings. The molecule has 1 aromatic rings. The van der Waals surface area contributed by atoms with Gasteiger partial charge in [-0.25, -0.2) is 0 Å². The van der Waals surface area contributed by atoms with Gasteiger partial charge in [-0.1, -0.05) is 12.5 Å². The van der Waals surface area contributed by atoms with Gasteiger partial charge >= 0.3 is 0 Å². The smallest absolute Gasteiger partial charge is 0.251 e. The minimum Gasteiger partial charge on any atom is -0.382 e. The van der Waals surface area contributed by atoms with Crippen LogP contribution in [0.2, 0.25) is 0 Å². The molecule has 1 aliphatic rings. The molecule has 0 spiro atoms. The largest absolute Gasteiger partial charge is 0.382 e. The summed E-state index contributed by atoms with van der Waals surface area (Å²) >= 11 is 0. The highest BCUT2D eigenvalue weighted by molar-refractivity contribution is 5.98. The van der Waals surface area contributed by atoms with E-state index in [1.54, 1.807) is 24.3 Å². The lowest BCUT2D eigenvalue weighted by atomic mass is 10.0. The Morgan fingerprint density at radius 2 is 2.21 bits per heavy atom. The van der Waals surface area contributed by atoms with Crippen LogP contribution < -0.4 is 16.0 Å². The van der Waals surface area contributed by atoms with Crippen molar-refractivity contribution in [2.45, 2.75) is 38.6 Å². The van der Waals surface area contributed by atoms with Gasteiger partial charge in [0.2, 0.25) is 5.91 Å². The predicted octanol–water partition coefficient (Wildman–Crippen LogP) is 1.92. The number of hydrogen-bond donors (Lipinski definition) is 3. The van der Waals surface area contributed by atoms with Crippen molar-refractivity contribution >= 4 is 17.5 Å². The van der Waals surface area contributed by atoms with E-state index in [2.05, 4.69) is 16.0 Å². The van der Waals surface area contributed by atoms with E-state index in [0.29, 0.717) is 31.0 Å². The van der Waals surface area contributed by atoms with E-state index in [-0.39, 0.29) is 17.9 Å². The lowest BCUT2D eigenvalue weighted by Crippen LogP contribution is -2.43. The minimum atomic E-state index is -0.144. The van der Waals surface area contributed by atoms with Gasteiger partial charge in [-0.3, -0.25) is 9.59 Å². The number of nitrogens with one attached hydrogen (secondary N) is 3. The predicted molar refractivity (Wildman–Crippen MR) is 94.2 cm³/mol. The van der Waals surface area contributed by atoms with Crippen molar-refractivity contribution < 1.29 is 14.3 Å². The van der Waals surface area contributed by atoms with Crippen molar-refractivity contribution in [2.75, 3.05) is 31.6 Å². The molecule has 1 saturated heterocycles. The first-order valence-corrected chi connectivity index (χ1v) is 8.71. The molecule has 2 rings (SSSR count). The van der Waals surface area contributed by atoms with Gasteiger partial charge in [-0.05, 0) is 50.9 Å². The van der Waals surface area contributed by atoms with Gasteiger partial charge in [-0.2, -0.15) is 0 Å². The molecule has 0 aliphatic carbocycles. The number of carbonyl (C=O) groups is 2. The van der Waals surface area contributed by atoms with Gasteiger partial charge in [0.15, 0.2) is 0 Å². The number of piperidine rings is 1. The number of rotatable bonds is 8. The van der Waals surface area contributed by atoms with Crippen molar-refractivity contribution in [1.82, 2.24) is 10.6 Å². The Hall–Kier alpha value is -1.92. The molecule has 1 aromatic carbocycles. The number of amides is 2. The Bertz CT molecular complexity index is 542. The average Bonchev–Trinajstić information content (AvgIpc) is 2.62. The quantitative estimate of drug-likeness (QED) is 0.635. The van der Waals surface area contributed by atoms with Gasteiger partial charge in [0.1, 0.15) is 0 Å². The van der Waals surface area contributed by atoms with E-state index in [0.717, 1.165) is 32.2 Å². The third kappa shape index (κ3) is 5.94. The van der Waals surface area contributed by atoms with Crippen LogP contribution in [0.5, 0.6) is 0 Å². The summed E-state index contributed by atoms with van der Waals surface area (Å²) in [5.74, 6) is -0.178. The second kappa shape index (κ2) is 10.1. The standard InChI is InChI=1S/C18H27N3O3/c1-2-24-12-6-11-20-17(22)14-7-5-8-15(13-14)21-18(23)16-9-3-4-10-19-16/h5,7-8,13,16,19H,2-4,6,9-12H2,1H3,(H,20,22)(H,21,23). The summed E-state index contributed by atoms with van der Waals surface area (Å²) in [6.07, 6.45) is 3.81. The van der Waals surface area contributed by atoms with Gasteiger partial charge in [0.25, 0.3) is 5.91 Å². The van der Waals surface area contributed by atoms with Crippen LogP contribution in [-0.2, 0) is 9.53 Å². The summed E-state index contributed by atoms with van der Waals surface area (Å²) in [6.45, 7) is 4.72. The summed E-state index contributed by atoms with van der Waals surface area (Å²) in [5, 5.41) is 8.97. The zero-order valence-electron chi connectivity index (χ0n) is 14.3. The molecule has 132 valence electrons. The molecule has 1 atom stereocenters. The van der Waals surface area contributed by atoms with Crippen LogP contribution in [0.25, 0.3) is 0 Å². The Balaban J connectivity index is 1.83. The molecule has 1 unspecified atom stereocenters. The Morgan fingerprint density at radius 3 is 2.96 bits per heavy atom. The molecular weight excluding hydrogens is 306 g/mol. The first-order chi connectivity index (χ1) is 11.7. The van der Waals surface area contributed by atoms with E-state index in [1.165, 1.54) is 0 Å². The second-order valence-corrected chi connectivity index (χ2v) is 5.88. The molecule has 6 heteroatoms. The highest BCUT2D eigenvalue weighted by Gasteiger charge is 2.20. The number of hydrogen-bond acceptors (Lipinski definition) is 4. The molecule has 1 heterocycles. The van der Waals surface area contributed by atoms with Crippen molar-refractivity contribution in [3.05, 3.63) is 29.8 Å². The molecule has 0 radical (unpaired) electrons. The molecule has 3 N–H and O–H groups in total. The van der Waals surface area contributed by atoms with Crippen molar-refractivity contribution in [3.8, 4) is 0 Å². The van der Waals surface area contributed by atoms with Crippen molar-refractivity contribution in [3.63, 3.8) is 0 Å².